The van der Waals surface area contributed by atoms with Crippen LogP contribution in [-0.4, -0.2) is 41.1 Å². The van der Waals surface area contributed by atoms with Crippen LogP contribution in [0.3, 0.4) is 0 Å². The third-order valence-electron chi connectivity index (χ3n) is 3.21. The van der Waals surface area contributed by atoms with Crippen molar-refractivity contribution in [3.05, 3.63) is 0 Å². The van der Waals surface area contributed by atoms with Gasteiger partial charge in [0.25, 0.3) is 0 Å². The fourth-order valence-electron chi connectivity index (χ4n) is 2.09. The largest absolute Gasteiger partial charge is 0.480 e. The van der Waals surface area contributed by atoms with Crippen LogP contribution in [0, 0.1) is 5.92 Å². The van der Waals surface area contributed by atoms with Crippen LogP contribution in [0.1, 0.15) is 47.0 Å². The monoisotopic (exact) mass is 258 g/mol. The Bertz CT molecular complexity index is 265. The Balaban J connectivity index is 4.44. The topological polar surface area (TPSA) is 69.6 Å². The molecule has 1 unspecified atom stereocenters. The van der Waals surface area contributed by atoms with Gasteiger partial charge in [0.05, 0.1) is 0 Å². The Labute approximate surface area is 110 Å². The van der Waals surface area contributed by atoms with Crippen molar-refractivity contribution in [3.8, 4) is 0 Å². The van der Waals surface area contributed by atoms with Crippen LogP contribution in [0.5, 0.6) is 0 Å². The normalized spacial score (nSPS) is 12.3. The zero-order chi connectivity index (χ0) is 14.1. The fourth-order valence-corrected chi connectivity index (χ4v) is 2.09. The van der Waals surface area contributed by atoms with Crippen LogP contribution in [0.2, 0.25) is 0 Å². The first kappa shape index (κ1) is 16.7. The van der Waals surface area contributed by atoms with E-state index < -0.39 is 5.97 Å². The number of hydrogen-bond donors (Lipinski definition) is 2. The number of urea groups is 1. The lowest BCUT2D eigenvalue weighted by Crippen LogP contribution is -2.48. The Morgan fingerprint density at radius 3 is 2.17 bits per heavy atom. The summed E-state index contributed by atoms with van der Waals surface area (Å²) in [4.78, 5) is 24.0. The minimum atomic E-state index is -0.978. The minimum Gasteiger partial charge on any atom is -0.480 e. The van der Waals surface area contributed by atoms with Gasteiger partial charge in [0, 0.05) is 12.6 Å². The van der Waals surface area contributed by atoms with Gasteiger partial charge in [-0.1, -0.05) is 33.6 Å². The lowest BCUT2D eigenvalue weighted by Gasteiger charge is -2.27. The molecule has 0 saturated carbocycles. The summed E-state index contributed by atoms with van der Waals surface area (Å²) in [6, 6.07) is -0.209. The molecule has 0 radical (unpaired) electrons. The maximum atomic E-state index is 12.0. The first-order valence-electron chi connectivity index (χ1n) is 6.73. The second kappa shape index (κ2) is 8.78. The minimum absolute atomic E-state index is 0.0700. The van der Waals surface area contributed by atoms with Crippen LogP contribution in [0.25, 0.3) is 0 Å². The van der Waals surface area contributed by atoms with Gasteiger partial charge in [0.1, 0.15) is 6.54 Å². The Morgan fingerprint density at radius 2 is 1.78 bits per heavy atom. The van der Waals surface area contributed by atoms with Gasteiger partial charge in [0.2, 0.25) is 0 Å². The molecule has 2 N–H and O–H groups in total. The average Bonchev–Trinajstić information content (AvgIpc) is 2.29. The number of carboxylic acid groups (broad SMARTS) is 1. The van der Waals surface area contributed by atoms with Crippen LogP contribution >= 0.6 is 0 Å². The van der Waals surface area contributed by atoms with Crippen LogP contribution in [0.15, 0.2) is 0 Å². The van der Waals surface area contributed by atoms with Crippen molar-refractivity contribution in [2.75, 3.05) is 13.1 Å². The third kappa shape index (κ3) is 5.89. The molecule has 0 rings (SSSR count). The molecule has 0 heterocycles. The van der Waals surface area contributed by atoms with Crippen molar-refractivity contribution in [2.45, 2.75) is 53.0 Å². The molecule has 0 aliphatic carbocycles. The molecule has 1 atom stereocenters. The quantitative estimate of drug-likeness (QED) is 0.702. The van der Waals surface area contributed by atoms with Crippen LogP contribution < -0.4 is 5.32 Å². The van der Waals surface area contributed by atoms with Gasteiger partial charge >= 0.3 is 12.0 Å². The zero-order valence-electron chi connectivity index (χ0n) is 11.9. The number of nitrogens with zero attached hydrogens (tertiary/aromatic N) is 1. The molecule has 0 aromatic rings. The van der Waals surface area contributed by atoms with Gasteiger partial charge in [-0.25, -0.2) is 4.79 Å². The predicted octanol–water partition coefficient (Wildman–Crippen LogP) is 2.32. The SMILES string of the molecule is CCCN(CC(=O)O)C(=O)NC(C)C(CC)CC. The van der Waals surface area contributed by atoms with Crippen molar-refractivity contribution in [3.63, 3.8) is 0 Å². The van der Waals surface area contributed by atoms with Gasteiger partial charge in [-0.05, 0) is 19.3 Å². The van der Waals surface area contributed by atoms with Gasteiger partial charge in [-0.3, -0.25) is 4.79 Å². The summed E-state index contributed by atoms with van der Waals surface area (Å²) >= 11 is 0. The maximum Gasteiger partial charge on any atom is 0.323 e. The molecule has 5 nitrogen and oxygen atoms in total. The summed E-state index contributed by atoms with van der Waals surface area (Å²) in [5.41, 5.74) is 0. The molecule has 5 heteroatoms. The van der Waals surface area contributed by atoms with Crippen LogP contribution in [-0.2, 0) is 4.79 Å². The lowest BCUT2D eigenvalue weighted by atomic mass is 9.96. The molecule has 18 heavy (non-hydrogen) atoms. The smallest absolute Gasteiger partial charge is 0.323 e. The van der Waals surface area contributed by atoms with Crippen molar-refractivity contribution < 1.29 is 14.7 Å². The standard InChI is InChI=1S/C13H26N2O3/c1-5-8-15(9-12(16)17)13(18)14-10(4)11(6-2)7-3/h10-11H,5-9H2,1-4H3,(H,14,18)(H,16,17). The molecular formula is C13H26N2O3. The molecule has 0 saturated heterocycles. The third-order valence-corrected chi connectivity index (χ3v) is 3.21. The number of hydrogen-bond acceptors (Lipinski definition) is 2. The zero-order valence-corrected chi connectivity index (χ0v) is 11.9. The second-order valence-electron chi connectivity index (χ2n) is 4.63. The summed E-state index contributed by atoms with van der Waals surface area (Å²) in [5.74, 6) is -0.545. The highest BCUT2D eigenvalue weighted by atomic mass is 16.4. The van der Waals surface area contributed by atoms with E-state index in [4.69, 9.17) is 5.11 Å². The Hall–Kier alpha value is -1.26. The summed E-state index contributed by atoms with van der Waals surface area (Å²) in [7, 11) is 0. The highest BCUT2D eigenvalue weighted by Gasteiger charge is 2.20. The van der Waals surface area contributed by atoms with Gasteiger partial charge < -0.3 is 15.3 Å². The first-order chi connectivity index (χ1) is 8.46. The fraction of sp³-hybridized carbons (Fsp3) is 0.846. The van der Waals surface area contributed by atoms with E-state index in [2.05, 4.69) is 19.2 Å². The lowest BCUT2D eigenvalue weighted by molar-refractivity contribution is -0.137. The van der Waals surface area contributed by atoms with Crippen molar-refractivity contribution in [1.82, 2.24) is 10.2 Å². The van der Waals surface area contributed by atoms with Crippen molar-refractivity contribution >= 4 is 12.0 Å². The van der Waals surface area contributed by atoms with E-state index in [1.807, 2.05) is 13.8 Å². The highest BCUT2D eigenvalue weighted by Crippen LogP contribution is 2.12. The summed E-state index contributed by atoms with van der Waals surface area (Å²) < 4.78 is 0. The molecule has 2 amide bonds. The highest BCUT2D eigenvalue weighted by molar-refractivity contribution is 5.80. The molecular weight excluding hydrogens is 232 g/mol. The predicted molar refractivity (Wildman–Crippen MR) is 71.6 cm³/mol. The molecule has 0 aromatic heterocycles. The molecule has 0 aromatic carbocycles. The van der Waals surface area contributed by atoms with E-state index in [1.165, 1.54) is 4.90 Å². The molecule has 0 spiro atoms. The van der Waals surface area contributed by atoms with Gasteiger partial charge in [0.15, 0.2) is 0 Å². The number of carbonyl (C=O) groups excluding carboxylic acids is 1. The number of carboxylic acids is 1. The summed E-state index contributed by atoms with van der Waals surface area (Å²) in [6.07, 6.45) is 2.76. The number of aliphatic carboxylic acids is 1. The van der Waals surface area contributed by atoms with Crippen molar-refractivity contribution in [2.24, 2.45) is 5.92 Å². The van der Waals surface area contributed by atoms with E-state index in [1.54, 1.807) is 0 Å². The van der Waals surface area contributed by atoms with Crippen molar-refractivity contribution in [1.29, 1.82) is 0 Å². The second-order valence-corrected chi connectivity index (χ2v) is 4.63. The first-order valence-corrected chi connectivity index (χ1v) is 6.73. The molecule has 0 aliphatic heterocycles. The number of amides is 2. The van der Waals surface area contributed by atoms with E-state index in [9.17, 15) is 9.59 Å². The Morgan fingerprint density at radius 1 is 1.22 bits per heavy atom. The molecule has 0 aliphatic rings. The maximum absolute atomic E-state index is 12.0. The number of rotatable bonds is 8. The molecule has 0 fully saturated rings. The van der Waals surface area contributed by atoms with Gasteiger partial charge in [-0.2, -0.15) is 0 Å². The van der Waals surface area contributed by atoms with E-state index >= 15 is 0 Å². The van der Waals surface area contributed by atoms with Gasteiger partial charge in [-0.15, -0.1) is 0 Å². The number of nitrogens with one attached hydrogen (secondary N) is 1. The summed E-state index contributed by atoms with van der Waals surface area (Å²) in [5, 5.41) is 11.7. The summed E-state index contributed by atoms with van der Waals surface area (Å²) in [6.45, 7) is 8.31. The van der Waals surface area contributed by atoms with E-state index in [-0.39, 0.29) is 18.6 Å². The number of carbonyl (C=O) groups is 2. The van der Waals surface area contributed by atoms with E-state index in [0.29, 0.717) is 12.5 Å². The molecule has 106 valence electrons. The molecule has 0 bridgehead atoms. The average molecular weight is 258 g/mol. The van der Waals surface area contributed by atoms with Crippen LogP contribution in [0.4, 0.5) is 4.79 Å². The van der Waals surface area contributed by atoms with E-state index in [0.717, 1.165) is 19.3 Å². The Kier molecular flexibility index (Phi) is 8.16.